The van der Waals surface area contributed by atoms with Gasteiger partial charge in [0.2, 0.25) is 5.43 Å². The van der Waals surface area contributed by atoms with Crippen LogP contribution >= 0.6 is 0 Å². The summed E-state index contributed by atoms with van der Waals surface area (Å²) in [6.45, 7) is 0. The van der Waals surface area contributed by atoms with Crippen LogP contribution in [0, 0.1) is 5.82 Å². The molecule has 0 unspecified atom stereocenters. The highest BCUT2D eigenvalue weighted by Crippen LogP contribution is 2.19. The Labute approximate surface area is 169 Å². The van der Waals surface area contributed by atoms with Gasteiger partial charge in [-0.25, -0.2) is 14.0 Å². The normalized spacial score (nSPS) is 10.5. The quantitative estimate of drug-likeness (QED) is 0.661. The second-order valence-corrected chi connectivity index (χ2v) is 6.38. The Bertz CT molecular complexity index is 1210. The average Bonchev–Trinajstić information content (AvgIpc) is 2.74. The molecule has 0 spiro atoms. The molecule has 0 saturated heterocycles. The zero-order valence-electron chi connectivity index (χ0n) is 16.3. The highest BCUT2D eigenvalue weighted by molar-refractivity contribution is 6.07. The minimum absolute atomic E-state index is 0.00388. The average molecular weight is 412 g/mol. The number of hydrogen-bond donors (Lipinski definition) is 1. The second-order valence-electron chi connectivity index (χ2n) is 6.38. The molecule has 8 nitrogen and oxygen atoms in total. The summed E-state index contributed by atoms with van der Waals surface area (Å²) in [7, 11) is 3.95. The number of halogens is 1. The van der Waals surface area contributed by atoms with E-state index in [9.17, 15) is 23.6 Å². The van der Waals surface area contributed by atoms with Gasteiger partial charge in [-0.05, 0) is 36.4 Å². The largest absolute Gasteiger partial charge is 0.465 e. The van der Waals surface area contributed by atoms with Gasteiger partial charge in [-0.2, -0.15) is 0 Å². The van der Waals surface area contributed by atoms with E-state index in [1.165, 1.54) is 55.3 Å². The maximum absolute atomic E-state index is 13.6. The van der Waals surface area contributed by atoms with Gasteiger partial charge in [-0.1, -0.05) is 0 Å². The fourth-order valence-electron chi connectivity index (χ4n) is 3.00. The van der Waals surface area contributed by atoms with Crippen LogP contribution in [0.5, 0.6) is 0 Å². The molecule has 1 aromatic heterocycles. The number of nitrogens with one attached hydrogen (secondary N) is 1. The van der Waals surface area contributed by atoms with Gasteiger partial charge in [0.05, 0.1) is 30.9 Å². The third-order valence-electron chi connectivity index (χ3n) is 4.43. The van der Waals surface area contributed by atoms with Gasteiger partial charge in [0.15, 0.2) is 0 Å². The van der Waals surface area contributed by atoms with Crippen molar-refractivity contribution in [1.29, 1.82) is 0 Å². The molecule has 3 aromatic rings. The fraction of sp³-hybridized carbons (Fsp3) is 0.143. The van der Waals surface area contributed by atoms with E-state index in [0.717, 1.165) is 6.07 Å². The summed E-state index contributed by atoms with van der Waals surface area (Å²) >= 11 is 0. The van der Waals surface area contributed by atoms with Crippen molar-refractivity contribution >= 4 is 34.4 Å². The van der Waals surface area contributed by atoms with Crippen LogP contribution in [-0.4, -0.2) is 36.6 Å². The summed E-state index contributed by atoms with van der Waals surface area (Å²) in [5.41, 5.74) is -0.354. The molecule has 0 aliphatic carbocycles. The summed E-state index contributed by atoms with van der Waals surface area (Å²) in [6.07, 6.45) is 1.32. The van der Waals surface area contributed by atoms with Gasteiger partial charge in [-0.3, -0.25) is 9.59 Å². The minimum Gasteiger partial charge on any atom is -0.465 e. The Kier molecular flexibility index (Phi) is 5.63. The molecule has 9 heteroatoms. The van der Waals surface area contributed by atoms with Gasteiger partial charge in [0.1, 0.15) is 11.4 Å². The third-order valence-corrected chi connectivity index (χ3v) is 4.43. The maximum Gasteiger partial charge on any atom is 0.337 e. The molecule has 0 aliphatic heterocycles. The smallest absolute Gasteiger partial charge is 0.337 e. The van der Waals surface area contributed by atoms with E-state index in [2.05, 4.69) is 14.8 Å². The molecule has 3 rings (SSSR count). The Morgan fingerprint density at radius 3 is 2.13 bits per heavy atom. The molecule has 0 radical (unpaired) electrons. The molecule has 0 bridgehead atoms. The van der Waals surface area contributed by atoms with E-state index < -0.39 is 29.1 Å². The molecular formula is C21H17FN2O6. The molecule has 154 valence electrons. The summed E-state index contributed by atoms with van der Waals surface area (Å²) in [4.78, 5) is 49.3. The lowest BCUT2D eigenvalue weighted by atomic mass is 10.1. The van der Waals surface area contributed by atoms with Crippen molar-refractivity contribution in [3.63, 3.8) is 0 Å². The van der Waals surface area contributed by atoms with Crippen LogP contribution in [0.2, 0.25) is 0 Å². The van der Waals surface area contributed by atoms with Gasteiger partial charge < -0.3 is 19.4 Å². The van der Waals surface area contributed by atoms with Gasteiger partial charge in [0, 0.05) is 24.3 Å². The number of anilines is 1. The second kappa shape index (κ2) is 8.16. The number of pyridine rings is 1. The zero-order valence-corrected chi connectivity index (χ0v) is 16.3. The van der Waals surface area contributed by atoms with Crippen molar-refractivity contribution in [3.05, 3.63) is 75.3 Å². The number of ether oxygens (including phenoxy) is 2. The van der Waals surface area contributed by atoms with E-state index in [4.69, 9.17) is 0 Å². The van der Waals surface area contributed by atoms with Crippen LogP contribution in [0.4, 0.5) is 10.1 Å². The summed E-state index contributed by atoms with van der Waals surface area (Å²) in [5, 5.41) is 2.53. The highest BCUT2D eigenvalue weighted by atomic mass is 19.1. The number of fused-ring (bicyclic) bond motifs is 1. The minimum atomic E-state index is -0.792. The molecule has 0 saturated carbocycles. The van der Waals surface area contributed by atoms with E-state index in [-0.39, 0.29) is 27.8 Å². The highest BCUT2D eigenvalue weighted by Gasteiger charge is 2.18. The number of carbonyl (C=O) groups is 3. The molecule has 0 atom stereocenters. The lowest BCUT2D eigenvalue weighted by molar-refractivity contribution is 0.0599. The number of aryl methyl sites for hydroxylation is 1. The first kappa shape index (κ1) is 20.7. The number of rotatable bonds is 4. The Morgan fingerprint density at radius 2 is 1.57 bits per heavy atom. The van der Waals surface area contributed by atoms with Gasteiger partial charge in [-0.15, -0.1) is 0 Å². The first-order valence-electron chi connectivity index (χ1n) is 8.67. The number of aromatic nitrogens is 1. The van der Waals surface area contributed by atoms with E-state index in [1.807, 2.05) is 0 Å². The van der Waals surface area contributed by atoms with E-state index in [0.29, 0.717) is 5.52 Å². The molecule has 1 N–H and O–H groups in total. The third kappa shape index (κ3) is 3.90. The number of hydrogen-bond acceptors (Lipinski definition) is 6. The molecule has 1 amide bonds. The van der Waals surface area contributed by atoms with Crippen molar-refractivity contribution in [3.8, 4) is 0 Å². The predicted octanol–water partition coefficient (Wildman–Crippen LogP) is 2.50. The van der Waals surface area contributed by atoms with Crippen LogP contribution in [-0.2, 0) is 16.5 Å². The predicted molar refractivity (Wildman–Crippen MR) is 106 cm³/mol. The van der Waals surface area contributed by atoms with E-state index in [1.54, 1.807) is 7.05 Å². The van der Waals surface area contributed by atoms with Crippen LogP contribution < -0.4 is 10.7 Å². The summed E-state index contributed by atoms with van der Waals surface area (Å²) in [6, 6.07) is 7.56. The van der Waals surface area contributed by atoms with Crippen molar-refractivity contribution in [1.82, 2.24) is 4.57 Å². The lowest BCUT2D eigenvalue weighted by Gasteiger charge is -2.11. The van der Waals surface area contributed by atoms with Crippen LogP contribution in [0.1, 0.15) is 31.1 Å². The van der Waals surface area contributed by atoms with Gasteiger partial charge in [0.25, 0.3) is 5.91 Å². The Morgan fingerprint density at radius 1 is 0.967 bits per heavy atom. The lowest BCUT2D eigenvalue weighted by Crippen LogP contribution is -2.24. The number of amides is 1. The molecule has 0 fully saturated rings. The Balaban J connectivity index is 2.06. The van der Waals surface area contributed by atoms with Gasteiger partial charge >= 0.3 is 11.9 Å². The Hall–Kier alpha value is -4.01. The van der Waals surface area contributed by atoms with Crippen molar-refractivity contribution in [2.45, 2.75) is 0 Å². The molecule has 30 heavy (non-hydrogen) atoms. The zero-order chi connectivity index (χ0) is 22.0. The summed E-state index contributed by atoms with van der Waals surface area (Å²) in [5.74, 6) is -2.85. The fourth-order valence-corrected chi connectivity index (χ4v) is 3.00. The van der Waals surface area contributed by atoms with Crippen LogP contribution in [0.25, 0.3) is 10.9 Å². The first-order chi connectivity index (χ1) is 14.2. The molecule has 1 heterocycles. The topological polar surface area (TPSA) is 104 Å². The number of nitrogens with zero attached hydrogens (tertiary/aromatic N) is 1. The molecular weight excluding hydrogens is 395 g/mol. The number of carbonyl (C=O) groups excluding carboxylic acids is 3. The van der Waals surface area contributed by atoms with Crippen molar-refractivity contribution < 1.29 is 28.2 Å². The number of esters is 2. The first-order valence-corrected chi connectivity index (χ1v) is 8.67. The van der Waals surface area contributed by atoms with Crippen LogP contribution in [0.15, 0.2) is 47.4 Å². The number of benzene rings is 2. The molecule has 2 aromatic carbocycles. The standard InChI is InChI=1S/C21H17FN2O6/c1-24-10-16(18(25)15-9-13(22)4-5-17(15)24)19(26)23-14-7-11(20(27)29-2)6-12(8-14)21(28)30-3/h4-10H,1-3H3,(H,23,26). The maximum atomic E-state index is 13.6. The molecule has 0 aliphatic rings. The SMILES string of the molecule is COC(=O)c1cc(NC(=O)c2cn(C)c3ccc(F)cc3c2=O)cc(C(=O)OC)c1. The van der Waals surface area contributed by atoms with E-state index >= 15 is 0 Å². The van der Waals surface area contributed by atoms with Crippen molar-refractivity contribution in [2.75, 3.05) is 19.5 Å². The summed E-state index contributed by atoms with van der Waals surface area (Å²) < 4.78 is 24.4. The van der Waals surface area contributed by atoms with Crippen LogP contribution in [0.3, 0.4) is 0 Å². The van der Waals surface area contributed by atoms with Crippen molar-refractivity contribution in [2.24, 2.45) is 7.05 Å². The number of methoxy groups -OCH3 is 2. The monoisotopic (exact) mass is 412 g/mol.